The standard InChI is InChI=1S/C16H14ClN3O4/c1-24-11-6-7-14(21)10(8-11)9-18-20-16(23)15(22)19-13-5-3-2-4-12(13)17/h2-9,21H,1H3,(H,19,22)(H,20,23)/b18-9+. The van der Waals surface area contributed by atoms with Crippen molar-refractivity contribution in [2.24, 2.45) is 5.10 Å². The first-order valence-electron chi connectivity index (χ1n) is 6.77. The molecule has 2 aromatic rings. The van der Waals surface area contributed by atoms with Crippen molar-refractivity contribution in [1.82, 2.24) is 5.43 Å². The molecule has 0 fully saturated rings. The van der Waals surface area contributed by atoms with Crippen LogP contribution in [0.4, 0.5) is 5.69 Å². The Balaban J connectivity index is 1.97. The molecular formula is C16H14ClN3O4. The van der Waals surface area contributed by atoms with Gasteiger partial charge in [-0.25, -0.2) is 5.43 Å². The molecular weight excluding hydrogens is 334 g/mol. The van der Waals surface area contributed by atoms with Gasteiger partial charge in [0.2, 0.25) is 0 Å². The lowest BCUT2D eigenvalue weighted by atomic mass is 10.2. The molecule has 24 heavy (non-hydrogen) atoms. The molecule has 0 heterocycles. The number of phenols is 1. The summed E-state index contributed by atoms with van der Waals surface area (Å²) in [6.45, 7) is 0. The summed E-state index contributed by atoms with van der Waals surface area (Å²) in [5.41, 5.74) is 2.69. The van der Waals surface area contributed by atoms with Gasteiger partial charge in [-0.3, -0.25) is 9.59 Å². The average molecular weight is 348 g/mol. The molecule has 124 valence electrons. The number of phenolic OH excluding ortho intramolecular Hbond substituents is 1. The summed E-state index contributed by atoms with van der Waals surface area (Å²) in [7, 11) is 1.48. The minimum atomic E-state index is -0.978. The zero-order valence-corrected chi connectivity index (χ0v) is 13.4. The monoisotopic (exact) mass is 347 g/mol. The van der Waals surface area contributed by atoms with Crippen LogP contribution in [-0.2, 0) is 9.59 Å². The van der Waals surface area contributed by atoms with Gasteiger partial charge in [0, 0.05) is 5.56 Å². The van der Waals surface area contributed by atoms with Gasteiger partial charge in [0.05, 0.1) is 24.0 Å². The molecule has 0 aliphatic heterocycles. The van der Waals surface area contributed by atoms with Gasteiger partial charge in [-0.2, -0.15) is 5.10 Å². The maximum atomic E-state index is 11.7. The second kappa shape index (κ2) is 7.98. The lowest BCUT2D eigenvalue weighted by Gasteiger charge is -2.05. The molecule has 0 radical (unpaired) electrons. The number of halogens is 1. The van der Waals surface area contributed by atoms with E-state index < -0.39 is 11.8 Å². The van der Waals surface area contributed by atoms with E-state index in [0.717, 1.165) is 0 Å². The molecule has 7 nitrogen and oxygen atoms in total. The van der Waals surface area contributed by atoms with Crippen LogP contribution >= 0.6 is 11.6 Å². The quantitative estimate of drug-likeness (QED) is 0.448. The van der Waals surface area contributed by atoms with Crippen molar-refractivity contribution >= 4 is 35.3 Å². The predicted octanol–water partition coefficient (Wildman–Crippen LogP) is 2.14. The van der Waals surface area contributed by atoms with Gasteiger partial charge in [-0.15, -0.1) is 0 Å². The van der Waals surface area contributed by atoms with Crippen molar-refractivity contribution in [1.29, 1.82) is 0 Å². The van der Waals surface area contributed by atoms with Crippen LogP contribution in [0.25, 0.3) is 0 Å². The topological polar surface area (TPSA) is 100 Å². The lowest BCUT2D eigenvalue weighted by Crippen LogP contribution is -2.32. The number of benzene rings is 2. The van der Waals surface area contributed by atoms with Gasteiger partial charge in [-0.05, 0) is 30.3 Å². The number of rotatable bonds is 4. The Kier molecular flexibility index (Phi) is 5.75. The van der Waals surface area contributed by atoms with Crippen LogP contribution in [0.1, 0.15) is 5.56 Å². The Bertz CT molecular complexity index is 793. The molecule has 8 heteroatoms. The number of hydrogen-bond acceptors (Lipinski definition) is 5. The highest BCUT2D eigenvalue weighted by atomic mass is 35.5. The Labute approximate surface area is 142 Å². The van der Waals surface area contributed by atoms with Gasteiger partial charge in [0.1, 0.15) is 11.5 Å². The molecule has 0 atom stereocenters. The van der Waals surface area contributed by atoms with Crippen molar-refractivity contribution < 1.29 is 19.4 Å². The first kappa shape index (κ1) is 17.3. The SMILES string of the molecule is COc1ccc(O)c(/C=N/NC(=O)C(=O)Nc2ccccc2Cl)c1. The van der Waals surface area contributed by atoms with Crippen LogP contribution in [0.15, 0.2) is 47.6 Å². The maximum absolute atomic E-state index is 11.7. The van der Waals surface area contributed by atoms with Crippen LogP contribution in [0.3, 0.4) is 0 Å². The number of methoxy groups -OCH3 is 1. The van der Waals surface area contributed by atoms with Crippen LogP contribution in [0, 0.1) is 0 Å². The minimum absolute atomic E-state index is 0.0469. The Hall–Kier alpha value is -3.06. The van der Waals surface area contributed by atoms with E-state index in [1.165, 1.54) is 25.5 Å². The van der Waals surface area contributed by atoms with E-state index >= 15 is 0 Å². The van der Waals surface area contributed by atoms with Crippen LogP contribution in [-0.4, -0.2) is 30.2 Å². The predicted molar refractivity (Wildman–Crippen MR) is 90.5 cm³/mol. The average Bonchev–Trinajstić information content (AvgIpc) is 2.58. The second-order valence-electron chi connectivity index (χ2n) is 4.56. The summed E-state index contributed by atoms with van der Waals surface area (Å²) in [6, 6.07) is 11.0. The molecule has 2 rings (SSSR count). The molecule has 0 saturated heterocycles. The van der Waals surface area contributed by atoms with E-state index in [4.69, 9.17) is 16.3 Å². The summed E-state index contributed by atoms with van der Waals surface area (Å²) in [4.78, 5) is 23.4. The fourth-order valence-electron chi connectivity index (χ4n) is 1.72. The number of ether oxygens (including phenoxy) is 1. The first-order chi connectivity index (χ1) is 11.5. The molecule has 0 saturated carbocycles. The second-order valence-corrected chi connectivity index (χ2v) is 4.97. The largest absolute Gasteiger partial charge is 0.507 e. The number of anilines is 1. The van der Waals surface area contributed by atoms with E-state index in [1.54, 1.807) is 30.3 Å². The van der Waals surface area contributed by atoms with Gasteiger partial charge in [-0.1, -0.05) is 23.7 Å². The summed E-state index contributed by atoms with van der Waals surface area (Å²) < 4.78 is 5.02. The van der Waals surface area contributed by atoms with Crippen molar-refractivity contribution in [3.63, 3.8) is 0 Å². The molecule has 2 amide bonds. The fourth-order valence-corrected chi connectivity index (χ4v) is 1.90. The van der Waals surface area contributed by atoms with Gasteiger partial charge < -0.3 is 15.2 Å². The zero-order valence-electron chi connectivity index (χ0n) is 12.6. The van der Waals surface area contributed by atoms with Crippen molar-refractivity contribution in [2.75, 3.05) is 12.4 Å². The number of carbonyl (C=O) groups excluding carboxylic acids is 2. The molecule has 2 aromatic carbocycles. The normalized spacial score (nSPS) is 10.4. The smallest absolute Gasteiger partial charge is 0.329 e. The van der Waals surface area contributed by atoms with Crippen molar-refractivity contribution in [3.8, 4) is 11.5 Å². The third-order valence-corrected chi connectivity index (χ3v) is 3.26. The van der Waals surface area contributed by atoms with Crippen molar-refractivity contribution in [3.05, 3.63) is 53.1 Å². The third-order valence-electron chi connectivity index (χ3n) is 2.93. The van der Waals surface area contributed by atoms with E-state index in [9.17, 15) is 14.7 Å². The minimum Gasteiger partial charge on any atom is -0.507 e. The van der Waals surface area contributed by atoms with Gasteiger partial charge >= 0.3 is 11.8 Å². The summed E-state index contributed by atoms with van der Waals surface area (Å²) in [6.07, 6.45) is 1.19. The summed E-state index contributed by atoms with van der Waals surface area (Å²) >= 11 is 5.89. The van der Waals surface area contributed by atoms with Crippen LogP contribution in [0.5, 0.6) is 11.5 Å². The number of nitrogens with one attached hydrogen (secondary N) is 2. The fraction of sp³-hybridized carbons (Fsp3) is 0.0625. The summed E-state index contributed by atoms with van der Waals surface area (Å²) in [5, 5.41) is 16.0. The van der Waals surface area contributed by atoms with Gasteiger partial charge in [0.15, 0.2) is 0 Å². The molecule has 0 aliphatic rings. The van der Waals surface area contributed by atoms with Crippen LogP contribution < -0.4 is 15.5 Å². The number of aromatic hydroxyl groups is 1. The highest BCUT2D eigenvalue weighted by Crippen LogP contribution is 2.21. The maximum Gasteiger partial charge on any atom is 0.329 e. The highest BCUT2D eigenvalue weighted by Gasteiger charge is 2.14. The molecule has 3 N–H and O–H groups in total. The molecule has 0 aromatic heterocycles. The van der Waals surface area contributed by atoms with E-state index in [2.05, 4.69) is 15.8 Å². The molecule has 0 bridgehead atoms. The van der Waals surface area contributed by atoms with E-state index in [0.29, 0.717) is 22.0 Å². The number of amides is 2. The Morgan fingerprint density at radius 2 is 1.96 bits per heavy atom. The van der Waals surface area contributed by atoms with Crippen molar-refractivity contribution in [2.45, 2.75) is 0 Å². The van der Waals surface area contributed by atoms with Crippen LogP contribution in [0.2, 0.25) is 5.02 Å². The number of nitrogens with zero attached hydrogens (tertiary/aromatic N) is 1. The first-order valence-corrected chi connectivity index (χ1v) is 7.15. The zero-order chi connectivity index (χ0) is 17.5. The number of para-hydroxylation sites is 1. The van der Waals surface area contributed by atoms with E-state index in [1.807, 2.05) is 0 Å². The van der Waals surface area contributed by atoms with Gasteiger partial charge in [0.25, 0.3) is 0 Å². The number of carbonyl (C=O) groups is 2. The molecule has 0 aliphatic carbocycles. The number of hydrogen-bond donors (Lipinski definition) is 3. The van der Waals surface area contributed by atoms with E-state index in [-0.39, 0.29) is 5.75 Å². The molecule has 0 unspecified atom stereocenters. The summed E-state index contributed by atoms with van der Waals surface area (Å²) in [5.74, 6) is -1.44. The molecule has 0 spiro atoms. The third kappa shape index (κ3) is 4.47. The Morgan fingerprint density at radius 1 is 1.21 bits per heavy atom. The highest BCUT2D eigenvalue weighted by molar-refractivity contribution is 6.41. The lowest BCUT2D eigenvalue weighted by molar-refractivity contribution is -0.136. The Morgan fingerprint density at radius 3 is 2.67 bits per heavy atom. The number of hydrazone groups is 1.